The number of benzene rings is 2. The summed E-state index contributed by atoms with van der Waals surface area (Å²) in [5.74, 6) is -0.160. The Morgan fingerprint density at radius 3 is 2.13 bits per heavy atom. The third kappa shape index (κ3) is 3.73. The molecular formula is C22H23ClN4O3. The number of rotatable bonds is 4. The molecular weight excluding hydrogens is 404 g/mol. The smallest absolute Gasteiger partial charge is 0.316 e. The fourth-order valence-corrected chi connectivity index (χ4v) is 4.04. The molecule has 0 bridgehead atoms. The molecule has 1 N–H and O–H groups in total. The molecule has 1 aromatic heterocycles. The van der Waals surface area contributed by atoms with Crippen molar-refractivity contribution in [2.75, 3.05) is 23.3 Å². The lowest BCUT2D eigenvalue weighted by molar-refractivity contribution is -0.115. The van der Waals surface area contributed by atoms with Crippen molar-refractivity contribution in [1.29, 1.82) is 0 Å². The van der Waals surface area contributed by atoms with Crippen LogP contribution in [0.4, 0.5) is 11.4 Å². The van der Waals surface area contributed by atoms with Crippen LogP contribution in [0.5, 0.6) is 0 Å². The highest BCUT2D eigenvalue weighted by molar-refractivity contribution is 6.30. The average molecular weight is 427 g/mol. The summed E-state index contributed by atoms with van der Waals surface area (Å²) in [4.78, 5) is 39.5. The lowest BCUT2D eigenvalue weighted by Crippen LogP contribution is -2.39. The van der Waals surface area contributed by atoms with Gasteiger partial charge < -0.3 is 19.4 Å². The van der Waals surface area contributed by atoms with Gasteiger partial charge in [-0.2, -0.15) is 0 Å². The molecule has 0 aliphatic carbocycles. The molecule has 1 aliphatic heterocycles. The van der Waals surface area contributed by atoms with Crippen LogP contribution in [0, 0.1) is 0 Å². The van der Waals surface area contributed by atoms with E-state index in [2.05, 4.69) is 10.2 Å². The van der Waals surface area contributed by atoms with Crippen molar-refractivity contribution in [3.63, 3.8) is 0 Å². The lowest BCUT2D eigenvalue weighted by Gasteiger charge is -2.23. The maximum Gasteiger partial charge on any atom is 0.316 e. The number of halogens is 1. The van der Waals surface area contributed by atoms with Gasteiger partial charge in [-0.15, -0.1) is 0 Å². The van der Waals surface area contributed by atoms with E-state index in [-0.39, 0.29) is 12.3 Å². The summed E-state index contributed by atoms with van der Waals surface area (Å²) in [5, 5.41) is 3.63. The van der Waals surface area contributed by atoms with E-state index in [4.69, 9.17) is 11.6 Å². The largest absolute Gasteiger partial charge is 0.370 e. The summed E-state index contributed by atoms with van der Waals surface area (Å²) in [6.45, 7) is 1.76. The number of nitrogens with zero attached hydrogens (tertiary/aromatic N) is 3. The molecule has 1 saturated heterocycles. The first-order valence-electron chi connectivity index (χ1n) is 9.88. The van der Waals surface area contributed by atoms with E-state index < -0.39 is 11.1 Å². The van der Waals surface area contributed by atoms with Crippen molar-refractivity contribution in [1.82, 2.24) is 9.13 Å². The molecule has 8 heteroatoms. The zero-order valence-electron chi connectivity index (χ0n) is 16.9. The molecule has 0 unspecified atom stereocenters. The number of aromatic nitrogens is 2. The Labute approximate surface area is 178 Å². The zero-order chi connectivity index (χ0) is 21.4. The molecule has 7 nitrogen and oxygen atoms in total. The quantitative estimate of drug-likeness (QED) is 0.651. The minimum absolute atomic E-state index is 0.160. The molecule has 0 spiro atoms. The summed E-state index contributed by atoms with van der Waals surface area (Å²) in [5.41, 5.74) is 2.42. The predicted molar refractivity (Wildman–Crippen MR) is 120 cm³/mol. The highest BCUT2D eigenvalue weighted by atomic mass is 35.5. The van der Waals surface area contributed by atoms with Crippen LogP contribution < -0.4 is 21.3 Å². The van der Waals surface area contributed by atoms with E-state index in [1.165, 1.54) is 9.13 Å². The first-order chi connectivity index (χ1) is 14.3. The Morgan fingerprint density at radius 2 is 1.53 bits per heavy atom. The van der Waals surface area contributed by atoms with Gasteiger partial charge >= 0.3 is 11.1 Å². The first kappa shape index (κ1) is 20.2. The molecule has 0 atom stereocenters. The van der Waals surface area contributed by atoms with Crippen molar-refractivity contribution in [2.24, 2.45) is 14.1 Å². The number of amides is 1. The monoisotopic (exact) mass is 426 g/mol. The zero-order valence-corrected chi connectivity index (χ0v) is 17.7. The van der Waals surface area contributed by atoms with Gasteiger partial charge in [0.1, 0.15) is 0 Å². The van der Waals surface area contributed by atoms with Crippen LogP contribution in [-0.4, -0.2) is 28.1 Å². The summed E-state index contributed by atoms with van der Waals surface area (Å²) < 4.78 is 2.71. The Hall–Kier alpha value is -3.06. The van der Waals surface area contributed by atoms with Gasteiger partial charge in [0, 0.05) is 32.2 Å². The van der Waals surface area contributed by atoms with E-state index >= 15 is 0 Å². The number of anilines is 2. The maximum atomic E-state index is 12.8. The van der Waals surface area contributed by atoms with Crippen LogP contribution in [0.15, 0.2) is 46.0 Å². The van der Waals surface area contributed by atoms with Gasteiger partial charge in [-0.05, 0) is 42.7 Å². The number of aryl methyl sites for hydroxylation is 2. The molecule has 2 aromatic carbocycles. The van der Waals surface area contributed by atoms with E-state index in [0.29, 0.717) is 21.7 Å². The molecule has 30 heavy (non-hydrogen) atoms. The van der Waals surface area contributed by atoms with E-state index in [9.17, 15) is 14.4 Å². The molecule has 1 fully saturated rings. The summed E-state index contributed by atoms with van der Waals surface area (Å²) in [6.07, 6.45) is 2.35. The number of fused-ring (bicyclic) bond motifs is 1. The van der Waals surface area contributed by atoms with Crippen molar-refractivity contribution in [3.05, 3.63) is 67.7 Å². The van der Waals surface area contributed by atoms with Gasteiger partial charge in [0.05, 0.1) is 28.8 Å². The van der Waals surface area contributed by atoms with Crippen LogP contribution in [0.1, 0.15) is 18.4 Å². The molecule has 4 rings (SSSR count). The van der Waals surface area contributed by atoms with E-state index in [1.807, 2.05) is 18.2 Å². The number of carbonyl (C=O) groups is 1. The Balaban J connectivity index is 1.77. The third-order valence-electron chi connectivity index (χ3n) is 5.61. The third-order valence-corrected chi connectivity index (χ3v) is 5.86. The minimum Gasteiger partial charge on any atom is -0.370 e. The van der Waals surface area contributed by atoms with Gasteiger partial charge in [0.15, 0.2) is 0 Å². The van der Waals surface area contributed by atoms with Crippen molar-refractivity contribution in [3.8, 4) is 0 Å². The summed E-state index contributed by atoms with van der Waals surface area (Å²) in [6, 6.07) is 10.8. The second-order valence-electron chi connectivity index (χ2n) is 7.63. The molecule has 1 amide bonds. The summed E-state index contributed by atoms with van der Waals surface area (Å²) >= 11 is 5.92. The highest BCUT2D eigenvalue weighted by Gasteiger charge is 2.20. The number of hydrogen-bond donors (Lipinski definition) is 1. The van der Waals surface area contributed by atoms with E-state index in [0.717, 1.165) is 37.2 Å². The predicted octanol–water partition coefficient (Wildman–Crippen LogP) is 2.67. The second kappa shape index (κ2) is 7.99. The van der Waals surface area contributed by atoms with Gasteiger partial charge in [0.2, 0.25) is 5.91 Å². The molecule has 0 saturated carbocycles. The lowest BCUT2D eigenvalue weighted by atomic mass is 10.1. The van der Waals surface area contributed by atoms with Gasteiger partial charge in [0.25, 0.3) is 0 Å². The molecule has 156 valence electrons. The number of nitrogens with one attached hydrogen (secondary N) is 1. The Bertz CT molecular complexity index is 1240. The van der Waals surface area contributed by atoms with Crippen molar-refractivity contribution < 1.29 is 4.79 Å². The fourth-order valence-electron chi connectivity index (χ4n) is 3.91. The van der Waals surface area contributed by atoms with Crippen LogP contribution in [-0.2, 0) is 25.3 Å². The molecule has 1 aliphatic rings. The molecule has 2 heterocycles. The second-order valence-corrected chi connectivity index (χ2v) is 8.07. The normalized spacial score (nSPS) is 13.8. The average Bonchev–Trinajstić information content (AvgIpc) is 3.26. The van der Waals surface area contributed by atoms with Gasteiger partial charge in [-0.25, -0.2) is 0 Å². The highest BCUT2D eigenvalue weighted by Crippen LogP contribution is 2.33. The molecule has 3 aromatic rings. The number of carbonyl (C=O) groups excluding carboxylic acids is 1. The van der Waals surface area contributed by atoms with Crippen molar-refractivity contribution in [2.45, 2.75) is 19.3 Å². The topological polar surface area (TPSA) is 76.3 Å². The number of hydrogen-bond acceptors (Lipinski definition) is 4. The maximum absolute atomic E-state index is 12.8. The Kier molecular flexibility index (Phi) is 5.39. The Morgan fingerprint density at radius 1 is 0.967 bits per heavy atom. The van der Waals surface area contributed by atoms with Crippen LogP contribution in [0.2, 0.25) is 5.02 Å². The van der Waals surface area contributed by atoms with Crippen LogP contribution >= 0.6 is 11.6 Å². The van der Waals surface area contributed by atoms with E-state index in [1.54, 1.807) is 32.3 Å². The van der Waals surface area contributed by atoms with Gasteiger partial charge in [-0.1, -0.05) is 23.7 Å². The minimum atomic E-state index is -0.600. The SMILES string of the molecule is Cn1c(=O)c(=O)n(C)c2cc(N3CCCC3)c(NC(=O)Cc3ccc(Cl)cc3)cc21. The van der Waals surface area contributed by atoms with Gasteiger partial charge in [-0.3, -0.25) is 14.4 Å². The first-order valence-corrected chi connectivity index (χ1v) is 10.3. The summed E-state index contributed by atoms with van der Waals surface area (Å²) in [7, 11) is 3.17. The van der Waals surface area contributed by atoms with Crippen LogP contribution in [0.25, 0.3) is 11.0 Å². The van der Waals surface area contributed by atoms with Crippen LogP contribution in [0.3, 0.4) is 0 Å². The molecule has 0 radical (unpaired) electrons. The fraction of sp³-hybridized carbons (Fsp3) is 0.318. The standard InChI is InChI=1S/C22H23ClN4O3/c1-25-18-12-16(24-20(28)11-14-5-7-15(23)8-6-14)17(27-9-3-4-10-27)13-19(18)26(2)22(30)21(25)29/h5-8,12-13H,3-4,9-11H2,1-2H3,(H,24,28). The van der Waals surface area contributed by atoms with Crippen molar-refractivity contribution >= 4 is 39.9 Å².